The van der Waals surface area contributed by atoms with Crippen LogP contribution >= 0.6 is 11.3 Å². The number of amides is 1. The van der Waals surface area contributed by atoms with E-state index in [9.17, 15) is 9.59 Å². The Bertz CT molecular complexity index is 1240. The van der Waals surface area contributed by atoms with Gasteiger partial charge in [-0.15, -0.1) is 11.3 Å². The summed E-state index contributed by atoms with van der Waals surface area (Å²) in [6.45, 7) is 2.23. The summed E-state index contributed by atoms with van der Waals surface area (Å²) in [5.74, 6) is -0.160. The van der Waals surface area contributed by atoms with Crippen LogP contribution in [0.3, 0.4) is 0 Å². The third-order valence-electron chi connectivity index (χ3n) is 9.04. The van der Waals surface area contributed by atoms with Gasteiger partial charge in [0.2, 0.25) is 6.04 Å². The molecule has 2 bridgehead atoms. The van der Waals surface area contributed by atoms with Gasteiger partial charge in [-0.25, -0.2) is 0 Å². The van der Waals surface area contributed by atoms with Gasteiger partial charge in [0.1, 0.15) is 12.0 Å². The summed E-state index contributed by atoms with van der Waals surface area (Å²) in [5.41, 5.74) is 6.75. The highest BCUT2D eigenvalue weighted by Crippen LogP contribution is 2.46. The van der Waals surface area contributed by atoms with Gasteiger partial charge in [0.15, 0.2) is 17.4 Å². The van der Waals surface area contributed by atoms with Crippen LogP contribution in [-0.2, 0) is 19.7 Å². The number of esters is 1. The molecule has 3 aromatic rings. The molecule has 7 rings (SSSR count). The molecule has 1 aliphatic carbocycles. The van der Waals surface area contributed by atoms with Crippen LogP contribution in [0.15, 0.2) is 46.3 Å². The van der Waals surface area contributed by atoms with Crippen molar-refractivity contribution < 1.29 is 35.7 Å². The van der Waals surface area contributed by atoms with Crippen LogP contribution in [0.25, 0.3) is 11.0 Å². The predicted octanol–water partition coefficient (Wildman–Crippen LogP) is 1.86. The van der Waals surface area contributed by atoms with Gasteiger partial charge >= 0.3 is 5.97 Å². The maximum atomic E-state index is 14.0. The second kappa shape index (κ2) is 10.4. The van der Waals surface area contributed by atoms with E-state index in [-0.39, 0.29) is 24.5 Å². The van der Waals surface area contributed by atoms with Crippen LogP contribution in [0, 0.1) is 5.92 Å². The average molecular weight is 544 g/mol. The number of thiophene rings is 1. The normalized spacial score (nSPS) is 27.7. The quantitative estimate of drug-likeness (QED) is 0.291. The van der Waals surface area contributed by atoms with Crippen LogP contribution in [-0.4, -0.2) is 47.3 Å². The van der Waals surface area contributed by atoms with Crippen LogP contribution in [0.4, 0.5) is 0 Å². The van der Waals surface area contributed by atoms with Gasteiger partial charge < -0.3 is 31.9 Å². The van der Waals surface area contributed by atoms with Crippen molar-refractivity contribution in [2.24, 2.45) is 11.7 Å². The van der Waals surface area contributed by atoms with E-state index in [2.05, 4.69) is 16.6 Å². The lowest BCUT2D eigenvalue weighted by Gasteiger charge is -2.54. The number of rotatable bonds is 6. The van der Waals surface area contributed by atoms with Crippen molar-refractivity contribution in [3.63, 3.8) is 0 Å². The fourth-order valence-electron chi connectivity index (χ4n) is 7.11. The second-order valence-corrected chi connectivity index (χ2v) is 11.9. The fraction of sp³-hybridized carbons (Fsp3) is 0.536. The molecule has 0 radical (unpaired) electrons. The highest BCUT2D eigenvalue weighted by atomic mass is 35.5. The summed E-state index contributed by atoms with van der Waals surface area (Å²) < 4.78 is 12.5. The van der Waals surface area contributed by atoms with E-state index in [1.165, 1.54) is 12.8 Å². The topological polar surface area (TPSA) is 95.4 Å². The zero-order valence-corrected chi connectivity index (χ0v) is 22.5. The number of ether oxygens (including phenoxy) is 1. The molecule has 1 unspecified atom stereocenters. The molecular weight excluding hydrogens is 510 g/mol. The minimum atomic E-state index is -0.625. The summed E-state index contributed by atoms with van der Waals surface area (Å²) in [7, 11) is 0. The summed E-state index contributed by atoms with van der Waals surface area (Å²) in [4.78, 5) is 28.1. The molecule has 1 aromatic carbocycles. The molecule has 1 amide bonds. The summed E-state index contributed by atoms with van der Waals surface area (Å²) in [5, 5.41) is 7.20. The number of carbonyl (C=O) groups excluding carboxylic acids is 2. The number of aromatic nitrogens is 1. The van der Waals surface area contributed by atoms with Gasteiger partial charge in [0.05, 0.1) is 18.5 Å². The van der Waals surface area contributed by atoms with E-state index >= 15 is 0 Å². The third kappa shape index (κ3) is 4.47. The third-order valence-corrected chi connectivity index (χ3v) is 10.1. The molecule has 2 aromatic heterocycles. The number of nitrogens with zero attached hydrogens (tertiary/aromatic N) is 2. The van der Waals surface area contributed by atoms with Gasteiger partial charge in [-0.3, -0.25) is 9.59 Å². The summed E-state index contributed by atoms with van der Waals surface area (Å²) >= 11 is 1.67. The van der Waals surface area contributed by atoms with E-state index in [0.29, 0.717) is 28.2 Å². The molecule has 9 heteroatoms. The molecule has 0 spiro atoms. The maximum Gasteiger partial charge on any atom is 0.317 e. The van der Waals surface area contributed by atoms with E-state index in [1.807, 2.05) is 30.3 Å². The number of hydrogen-bond acceptors (Lipinski definition) is 6. The number of nitrogens with two attached hydrogens (primary N) is 1. The summed E-state index contributed by atoms with van der Waals surface area (Å²) in [6.07, 6.45) is 7.70. The van der Waals surface area contributed by atoms with Gasteiger partial charge in [0.25, 0.3) is 5.91 Å². The number of quaternary nitrogens is 1. The fourth-order valence-corrected chi connectivity index (χ4v) is 8.09. The largest absolute Gasteiger partial charge is 1.00 e. The van der Waals surface area contributed by atoms with E-state index < -0.39 is 17.4 Å². The SMILES string of the molecule is NC(=O)C(c1noc2ccccc12)[N+]12CCC(CC1)[C@@H](OC(=O)C1(c3cccs3)CCCCCC1)C2.[Cl-]. The molecule has 2 atom stereocenters. The monoisotopic (exact) mass is 543 g/mol. The Kier molecular flexibility index (Phi) is 7.35. The van der Waals surface area contributed by atoms with Gasteiger partial charge in [-0.05, 0) is 36.4 Å². The Labute approximate surface area is 227 Å². The zero-order chi connectivity index (χ0) is 24.8. The van der Waals surface area contributed by atoms with Crippen molar-refractivity contribution in [2.45, 2.75) is 68.9 Å². The van der Waals surface area contributed by atoms with Crippen molar-refractivity contribution in [3.8, 4) is 0 Å². The van der Waals surface area contributed by atoms with E-state index in [4.69, 9.17) is 15.0 Å². The molecule has 1 saturated carbocycles. The predicted molar refractivity (Wildman–Crippen MR) is 137 cm³/mol. The minimum Gasteiger partial charge on any atom is -1.00 e. The zero-order valence-electron chi connectivity index (χ0n) is 20.9. The Morgan fingerprint density at radius 3 is 2.49 bits per heavy atom. The first kappa shape index (κ1) is 26.2. The maximum absolute atomic E-state index is 14.0. The van der Waals surface area contributed by atoms with Crippen molar-refractivity contribution in [2.75, 3.05) is 19.6 Å². The van der Waals surface area contributed by atoms with Gasteiger partial charge in [0, 0.05) is 23.6 Å². The first-order valence-corrected chi connectivity index (χ1v) is 14.1. The van der Waals surface area contributed by atoms with E-state index in [1.54, 1.807) is 11.3 Å². The van der Waals surface area contributed by atoms with E-state index in [0.717, 1.165) is 61.9 Å². The Morgan fingerprint density at radius 1 is 1.08 bits per heavy atom. The molecular formula is C28H34ClN3O4S. The molecule has 3 aliphatic heterocycles. The lowest BCUT2D eigenvalue weighted by Crippen LogP contribution is -3.00. The first-order valence-electron chi connectivity index (χ1n) is 13.3. The highest BCUT2D eigenvalue weighted by molar-refractivity contribution is 7.10. The lowest BCUT2D eigenvalue weighted by molar-refractivity contribution is -0.965. The smallest absolute Gasteiger partial charge is 0.317 e. The van der Waals surface area contributed by atoms with Crippen molar-refractivity contribution in [1.29, 1.82) is 0 Å². The van der Waals surface area contributed by atoms with Crippen molar-refractivity contribution >= 4 is 34.2 Å². The minimum absolute atomic E-state index is 0. The molecule has 4 fully saturated rings. The first-order chi connectivity index (χ1) is 17.5. The molecule has 5 heterocycles. The highest BCUT2D eigenvalue weighted by Gasteiger charge is 2.56. The number of fused-ring (bicyclic) bond motifs is 4. The number of hydrogen-bond donors (Lipinski definition) is 1. The Balaban J connectivity index is 0.00000280. The molecule has 4 aliphatic rings. The summed E-state index contributed by atoms with van der Waals surface area (Å²) in [6, 6.07) is 11.1. The Hall–Kier alpha value is -2.42. The molecule has 2 N–H and O–H groups in total. The van der Waals surface area contributed by atoms with Crippen LogP contribution in [0.2, 0.25) is 0 Å². The second-order valence-electron chi connectivity index (χ2n) is 11.0. The standard InChI is InChI=1S/C28H33N3O4S.ClH/c29-26(32)25(24-20-8-3-4-9-21(20)35-30-24)31-15-11-19(12-16-31)22(18-31)34-27(33)28(23-10-7-17-36-23)13-5-1-2-6-14-28;/h3-4,7-10,17,19,22,25H,1-2,5-6,11-16,18H2,(H-,29,32);1H/t19?,22-,25?,31?;/m0./s1. The Morgan fingerprint density at radius 2 is 1.81 bits per heavy atom. The molecule has 3 saturated heterocycles. The number of primary amides is 1. The average Bonchev–Trinajstić information content (AvgIpc) is 3.50. The number of carbonyl (C=O) groups is 2. The molecule has 7 nitrogen and oxygen atoms in total. The van der Waals surface area contributed by atoms with Crippen LogP contribution in [0.1, 0.15) is 68.0 Å². The van der Waals surface area contributed by atoms with Gasteiger partial charge in [-0.1, -0.05) is 49.0 Å². The lowest BCUT2D eigenvalue weighted by atomic mass is 9.78. The molecule has 37 heavy (non-hydrogen) atoms. The number of para-hydroxylation sites is 1. The van der Waals surface area contributed by atoms with Crippen LogP contribution < -0.4 is 18.1 Å². The number of halogens is 1. The molecule has 198 valence electrons. The van der Waals surface area contributed by atoms with Crippen LogP contribution in [0.5, 0.6) is 0 Å². The van der Waals surface area contributed by atoms with Crippen molar-refractivity contribution in [1.82, 2.24) is 5.16 Å². The number of piperidine rings is 3. The number of benzene rings is 1. The van der Waals surface area contributed by atoms with Crippen molar-refractivity contribution in [3.05, 3.63) is 52.3 Å². The van der Waals surface area contributed by atoms with Gasteiger partial charge in [-0.2, -0.15) is 0 Å².